The lowest BCUT2D eigenvalue weighted by molar-refractivity contribution is -0.401. The van der Waals surface area contributed by atoms with E-state index >= 15 is 0 Å². The topological polar surface area (TPSA) is 94.0 Å². The lowest BCUT2D eigenvalue weighted by atomic mass is 9.81. The Kier molecular flexibility index (Phi) is 14.2. The van der Waals surface area contributed by atoms with Crippen molar-refractivity contribution in [2.45, 2.75) is 77.2 Å². The number of para-hydroxylation sites is 3. The molecular formula is C54H60N5O4+. The maximum atomic E-state index is 13.4. The number of carbonyl (C=O) groups excluding carboxylic acids is 3. The summed E-state index contributed by atoms with van der Waals surface area (Å²) in [5, 5.41) is 5.69. The first-order valence-electron chi connectivity index (χ1n) is 22.2. The van der Waals surface area contributed by atoms with Crippen LogP contribution in [0.4, 0.5) is 17.1 Å². The molecule has 0 aliphatic carbocycles. The number of amides is 3. The summed E-state index contributed by atoms with van der Waals surface area (Å²) in [6.45, 7) is 11.0. The van der Waals surface area contributed by atoms with Crippen LogP contribution in [0.25, 0.3) is 0 Å². The van der Waals surface area contributed by atoms with Gasteiger partial charge in [-0.25, -0.2) is 0 Å². The molecule has 9 nitrogen and oxygen atoms in total. The Balaban J connectivity index is 0.800. The summed E-state index contributed by atoms with van der Waals surface area (Å²) in [6, 6.07) is 32.7. The van der Waals surface area contributed by atoms with Crippen molar-refractivity contribution in [1.82, 2.24) is 10.6 Å². The normalized spacial score (nSPS) is 16.2. The third-order valence-electron chi connectivity index (χ3n) is 12.4. The maximum absolute atomic E-state index is 13.4. The van der Waals surface area contributed by atoms with Gasteiger partial charge >= 0.3 is 0 Å². The van der Waals surface area contributed by atoms with Crippen molar-refractivity contribution in [1.29, 1.82) is 0 Å². The van der Waals surface area contributed by atoms with Crippen LogP contribution in [0.2, 0.25) is 0 Å². The standard InChI is InChI=1S/C54H59N5O4/c1-53(2)43-23-14-17-26-46(43)57(5)48(53)28-8-6-9-29-49-54(3,4)44-24-15-18-27-47(44)58(49)36-19-7-10-30-50(60)56-35-37-63-39-51(61)55-34-33-52(62)59-38-42-22-12-11-20-40(42)31-32-41-21-13-16-25-45(41)59/h6,8-9,11-18,20-29H,7,10,19,30,33-39H2,1-5H3,(H-,55,56,60,61)/p+1. The van der Waals surface area contributed by atoms with Gasteiger partial charge in [0, 0.05) is 78.1 Å². The summed E-state index contributed by atoms with van der Waals surface area (Å²) in [5.41, 5.74) is 10.9. The summed E-state index contributed by atoms with van der Waals surface area (Å²) in [5.74, 6) is 5.99. The van der Waals surface area contributed by atoms with Gasteiger partial charge in [-0.15, -0.1) is 0 Å². The van der Waals surface area contributed by atoms with Gasteiger partial charge in [-0.3, -0.25) is 14.4 Å². The first kappa shape index (κ1) is 44.6. The number of ether oxygens (including phenoxy) is 1. The van der Waals surface area contributed by atoms with Gasteiger partial charge in [0.1, 0.15) is 13.7 Å². The van der Waals surface area contributed by atoms with Gasteiger partial charge in [0.15, 0.2) is 5.71 Å². The van der Waals surface area contributed by atoms with Crippen LogP contribution in [-0.2, 0) is 36.5 Å². The van der Waals surface area contributed by atoms with Gasteiger partial charge in [-0.1, -0.05) is 117 Å². The quantitative estimate of drug-likeness (QED) is 0.0481. The number of nitrogens with zero attached hydrogens (tertiary/aromatic N) is 3. The Morgan fingerprint density at radius 3 is 2.21 bits per heavy atom. The summed E-state index contributed by atoms with van der Waals surface area (Å²) in [6.07, 6.45) is 14.1. The molecule has 7 rings (SSSR count). The van der Waals surface area contributed by atoms with Crippen molar-refractivity contribution in [2.75, 3.05) is 49.7 Å². The van der Waals surface area contributed by atoms with Gasteiger partial charge in [0.25, 0.3) is 0 Å². The van der Waals surface area contributed by atoms with Crippen LogP contribution in [0, 0.1) is 11.8 Å². The average molecular weight is 843 g/mol. The number of carbonyl (C=O) groups is 3. The number of allylic oxidation sites excluding steroid dienone is 6. The van der Waals surface area contributed by atoms with Gasteiger partial charge in [-0.05, 0) is 68.2 Å². The second kappa shape index (κ2) is 20.1. The predicted octanol–water partition coefficient (Wildman–Crippen LogP) is 8.63. The van der Waals surface area contributed by atoms with Crippen molar-refractivity contribution < 1.29 is 23.7 Å². The minimum absolute atomic E-state index is 0.0263. The molecule has 3 heterocycles. The van der Waals surface area contributed by atoms with E-state index in [1.807, 2.05) is 48.5 Å². The summed E-state index contributed by atoms with van der Waals surface area (Å²) < 4.78 is 7.81. The van der Waals surface area contributed by atoms with Crippen LogP contribution in [0.1, 0.15) is 87.6 Å². The zero-order valence-electron chi connectivity index (χ0n) is 37.4. The molecule has 0 fully saturated rings. The van der Waals surface area contributed by atoms with Gasteiger partial charge < -0.3 is 25.2 Å². The fourth-order valence-electron chi connectivity index (χ4n) is 8.99. The number of hydrogen-bond donors (Lipinski definition) is 2. The van der Waals surface area contributed by atoms with Crippen LogP contribution >= 0.6 is 0 Å². The fourth-order valence-corrected chi connectivity index (χ4v) is 8.99. The molecule has 4 aromatic rings. The summed E-state index contributed by atoms with van der Waals surface area (Å²) in [4.78, 5) is 42.7. The first-order chi connectivity index (χ1) is 30.5. The molecule has 0 aromatic heterocycles. The molecule has 0 radical (unpaired) electrons. The predicted molar refractivity (Wildman–Crippen MR) is 253 cm³/mol. The van der Waals surface area contributed by atoms with Crippen LogP contribution in [0.5, 0.6) is 0 Å². The second-order valence-electron chi connectivity index (χ2n) is 17.4. The first-order valence-corrected chi connectivity index (χ1v) is 22.2. The van der Waals surface area contributed by atoms with Crippen LogP contribution in [0.15, 0.2) is 133 Å². The highest BCUT2D eigenvalue weighted by Gasteiger charge is 2.42. The van der Waals surface area contributed by atoms with Crippen molar-refractivity contribution >= 4 is 40.5 Å². The smallest absolute Gasteiger partial charge is 0.246 e. The molecule has 0 bridgehead atoms. The molecule has 2 N–H and O–H groups in total. The van der Waals surface area contributed by atoms with E-state index in [9.17, 15) is 14.4 Å². The van der Waals surface area contributed by atoms with E-state index in [4.69, 9.17) is 4.74 Å². The Morgan fingerprint density at radius 1 is 0.714 bits per heavy atom. The molecule has 0 spiro atoms. The molecule has 4 aromatic carbocycles. The molecule has 3 aliphatic rings. The Morgan fingerprint density at radius 2 is 1.40 bits per heavy atom. The van der Waals surface area contributed by atoms with E-state index in [2.05, 4.69) is 146 Å². The highest BCUT2D eigenvalue weighted by Crippen LogP contribution is 2.47. The van der Waals surface area contributed by atoms with Crippen molar-refractivity contribution in [3.05, 3.63) is 161 Å². The van der Waals surface area contributed by atoms with E-state index in [0.29, 0.717) is 19.5 Å². The molecule has 3 aliphatic heterocycles. The largest absolute Gasteiger partial charge is 0.370 e. The van der Waals surface area contributed by atoms with Crippen LogP contribution in [0.3, 0.4) is 0 Å². The van der Waals surface area contributed by atoms with E-state index in [1.54, 1.807) is 4.90 Å². The number of nitrogens with one attached hydrogen (secondary N) is 2. The van der Waals surface area contributed by atoms with Crippen molar-refractivity contribution in [2.24, 2.45) is 0 Å². The zero-order valence-corrected chi connectivity index (χ0v) is 37.4. The van der Waals surface area contributed by atoms with Gasteiger partial charge in [-0.2, -0.15) is 4.58 Å². The zero-order chi connectivity index (χ0) is 44.4. The summed E-state index contributed by atoms with van der Waals surface area (Å²) >= 11 is 0. The highest BCUT2D eigenvalue weighted by molar-refractivity contribution is 6.03. The minimum atomic E-state index is -0.310. The molecule has 0 atom stereocenters. The molecule has 63 heavy (non-hydrogen) atoms. The monoisotopic (exact) mass is 842 g/mol. The molecule has 9 heteroatoms. The molecule has 0 unspecified atom stereocenters. The molecule has 3 amide bonds. The van der Waals surface area contributed by atoms with Crippen molar-refractivity contribution in [3.63, 3.8) is 0 Å². The summed E-state index contributed by atoms with van der Waals surface area (Å²) in [7, 11) is 2.14. The third-order valence-corrected chi connectivity index (χ3v) is 12.4. The number of benzene rings is 4. The number of unbranched alkanes of at least 4 members (excludes halogenated alkanes) is 2. The van der Waals surface area contributed by atoms with E-state index in [0.717, 1.165) is 48.2 Å². The van der Waals surface area contributed by atoms with Crippen molar-refractivity contribution in [3.8, 4) is 11.8 Å². The molecule has 0 saturated carbocycles. The van der Waals surface area contributed by atoms with E-state index < -0.39 is 0 Å². The number of hydrogen-bond acceptors (Lipinski definition) is 5. The van der Waals surface area contributed by atoms with Gasteiger partial charge in [0.2, 0.25) is 23.4 Å². The second-order valence-corrected chi connectivity index (χ2v) is 17.4. The van der Waals surface area contributed by atoms with Crippen LogP contribution in [-0.4, -0.2) is 67.9 Å². The fraction of sp³-hybridized carbons (Fsp3) is 0.333. The van der Waals surface area contributed by atoms with Crippen LogP contribution < -0.4 is 20.4 Å². The molecule has 0 saturated heterocycles. The van der Waals surface area contributed by atoms with Gasteiger partial charge in [0.05, 0.1) is 24.3 Å². The SMILES string of the molecule is C[N+]1=C(/C=C/C=C/C=C2/N(CCCCCC(=O)NCCOCC(=O)NCCC(=O)N3Cc4ccccc4C#Cc4ccccc43)c3ccccc3C2(C)C)C(C)(C)c2ccccc21. The number of fused-ring (bicyclic) bond motifs is 4. The number of rotatable bonds is 17. The highest BCUT2D eigenvalue weighted by atomic mass is 16.5. The van der Waals surface area contributed by atoms with E-state index in [1.165, 1.54) is 33.9 Å². The number of anilines is 2. The average Bonchev–Trinajstić information content (AvgIpc) is 3.61. The van der Waals surface area contributed by atoms with E-state index in [-0.39, 0.29) is 54.7 Å². The Labute approximate surface area is 373 Å². The molecular weight excluding hydrogens is 783 g/mol. The Hall–Kier alpha value is -6.50. The minimum Gasteiger partial charge on any atom is -0.370 e. The lowest BCUT2D eigenvalue weighted by Crippen LogP contribution is -2.36. The maximum Gasteiger partial charge on any atom is 0.246 e. The molecule has 324 valence electrons. The Bertz CT molecular complexity index is 2530. The third kappa shape index (κ3) is 10.2. The lowest BCUT2D eigenvalue weighted by Gasteiger charge is -2.27.